The Morgan fingerprint density at radius 3 is 2.36 bits per heavy atom. The minimum absolute atomic E-state index is 0.00585. The number of H-pyrrole nitrogens is 1. The fourth-order valence-electron chi connectivity index (χ4n) is 3.29. The fourth-order valence-corrected chi connectivity index (χ4v) is 5.53. The maximum Gasteiger partial charge on any atom is 0.349 e. The fraction of sp³-hybridized carbons (Fsp3) is 0.250. The number of aromatic amines is 1. The Labute approximate surface area is 211 Å². The van der Waals surface area contributed by atoms with E-state index in [1.54, 1.807) is 4.98 Å². The van der Waals surface area contributed by atoms with Crippen LogP contribution < -0.4 is 20.7 Å². The van der Waals surface area contributed by atoms with Crippen LogP contribution in [0.1, 0.15) is 12.1 Å². The van der Waals surface area contributed by atoms with Gasteiger partial charge in [0.25, 0.3) is 12.0 Å². The van der Waals surface area contributed by atoms with Crippen molar-refractivity contribution >= 4 is 33.2 Å². The molecule has 0 bridgehead atoms. The van der Waals surface area contributed by atoms with Crippen molar-refractivity contribution in [2.45, 2.75) is 17.4 Å². The molecule has 0 amide bonds. The number of aliphatic hydroxyl groups is 1. The number of aromatic nitrogens is 3. The lowest BCUT2D eigenvalue weighted by Crippen LogP contribution is -2.53. The number of β-amino-alcohol motifs (C(OH)–C–C–N with tert-alkyl or cyclic N) is 1. The van der Waals surface area contributed by atoms with Crippen molar-refractivity contribution in [2.75, 3.05) is 20.2 Å². The monoisotopic (exact) mass is 564 g/mol. The van der Waals surface area contributed by atoms with Gasteiger partial charge in [-0.2, -0.15) is 14.1 Å². The number of aliphatic hydroxyl groups excluding tert-OH is 1. The Hall–Kier alpha value is -3.04. The van der Waals surface area contributed by atoms with Gasteiger partial charge in [-0.05, 0) is 24.3 Å². The second-order valence-electron chi connectivity index (χ2n) is 7.49. The zero-order valence-corrected chi connectivity index (χ0v) is 20.4. The number of nitrogens with one attached hydrogen (secondary N) is 1. The lowest BCUT2D eigenvalue weighted by atomic mass is 10.2. The van der Waals surface area contributed by atoms with E-state index >= 15 is 0 Å². The smallest absolute Gasteiger partial charge is 0.349 e. The highest BCUT2D eigenvalue weighted by atomic mass is 35.5. The highest BCUT2D eigenvalue weighted by Crippen LogP contribution is 2.40. The third-order valence-corrected chi connectivity index (χ3v) is 7.50. The van der Waals surface area contributed by atoms with Crippen LogP contribution in [0.15, 0.2) is 44.8 Å². The summed E-state index contributed by atoms with van der Waals surface area (Å²) in [5, 5.41) is 12.5. The van der Waals surface area contributed by atoms with E-state index in [4.69, 9.17) is 32.7 Å². The Kier molecular flexibility index (Phi) is 7.07. The molecule has 16 heteroatoms. The highest BCUT2D eigenvalue weighted by molar-refractivity contribution is 7.89. The molecular weight excluding hydrogens is 549 g/mol. The molecule has 2 heterocycles. The van der Waals surface area contributed by atoms with Crippen LogP contribution in [0.5, 0.6) is 17.2 Å². The number of halogens is 4. The van der Waals surface area contributed by atoms with Crippen LogP contribution in [0.25, 0.3) is 5.69 Å². The van der Waals surface area contributed by atoms with Crippen molar-refractivity contribution in [1.29, 1.82) is 0 Å². The van der Waals surface area contributed by atoms with Gasteiger partial charge in [0.2, 0.25) is 10.0 Å². The molecule has 0 saturated carbocycles. The molecule has 0 unspecified atom stereocenters. The molecule has 0 atom stereocenters. The summed E-state index contributed by atoms with van der Waals surface area (Å²) < 4.78 is 64.3. The van der Waals surface area contributed by atoms with Gasteiger partial charge < -0.3 is 14.6 Å². The summed E-state index contributed by atoms with van der Waals surface area (Å²) >= 11 is 12.5. The van der Waals surface area contributed by atoms with Gasteiger partial charge in [0.1, 0.15) is 16.4 Å². The predicted octanol–water partition coefficient (Wildman–Crippen LogP) is 2.33. The molecule has 3 aromatic rings. The first-order valence-corrected chi connectivity index (χ1v) is 12.2. The summed E-state index contributed by atoms with van der Waals surface area (Å²) in [4.78, 5) is 25.2. The number of alkyl halides is 2. The SMILES string of the molecule is COc1ccc(Oc2c(Cl)cc(-n3nc(C(F)F)c(=O)[nH]c3=O)cc2Cl)cc1S(=O)(=O)N1CC(O)C1. The van der Waals surface area contributed by atoms with Gasteiger partial charge in [-0.1, -0.05) is 23.2 Å². The van der Waals surface area contributed by atoms with E-state index in [1.165, 1.54) is 25.3 Å². The van der Waals surface area contributed by atoms with Gasteiger partial charge in [0.05, 0.1) is 28.9 Å². The molecule has 1 aliphatic rings. The highest BCUT2D eigenvalue weighted by Gasteiger charge is 2.37. The van der Waals surface area contributed by atoms with Crippen LogP contribution in [-0.2, 0) is 10.0 Å². The minimum Gasteiger partial charge on any atom is -0.495 e. The van der Waals surface area contributed by atoms with Gasteiger partial charge in [-0.15, -0.1) is 0 Å². The van der Waals surface area contributed by atoms with E-state index in [9.17, 15) is 31.9 Å². The van der Waals surface area contributed by atoms with E-state index in [2.05, 4.69) is 5.10 Å². The Balaban J connectivity index is 1.71. The Morgan fingerprint density at radius 2 is 1.81 bits per heavy atom. The minimum atomic E-state index is -4.01. The third kappa shape index (κ3) is 4.82. The second-order valence-corrected chi connectivity index (χ2v) is 10.2. The quantitative estimate of drug-likeness (QED) is 0.445. The summed E-state index contributed by atoms with van der Waals surface area (Å²) in [6.07, 6.45) is -4.00. The van der Waals surface area contributed by atoms with Crippen molar-refractivity contribution in [3.63, 3.8) is 0 Å². The van der Waals surface area contributed by atoms with Gasteiger partial charge in [-0.25, -0.2) is 22.0 Å². The largest absolute Gasteiger partial charge is 0.495 e. The number of sulfonamides is 1. The Bertz CT molecular complexity index is 1530. The molecule has 4 rings (SSSR count). The second kappa shape index (κ2) is 9.78. The van der Waals surface area contributed by atoms with Gasteiger partial charge in [-0.3, -0.25) is 9.78 Å². The molecule has 36 heavy (non-hydrogen) atoms. The number of hydrogen-bond acceptors (Lipinski definition) is 8. The average Bonchev–Trinajstić information content (AvgIpc) is 2.78. The molecule has 2 aromatic carbocycles. The summed E-state index contributed by atoms with van der Waals surface area (Å²) in [6, 6.07) is 6.19. The molecule has 1 aromatic heterocycles. The lowest BCUT2D eigenvalue weighted by Gasteiger charge is -2.34. The summed E-state index contributed by atoms with van der Waals surface area (Å²) in [7, 11) is -2.72. The molecule has 0 aliphatic carbocycles. The van der Waals surface area contributed by atoms with Crippen LogP contribution in [0.2, 0.25) is 10.0 Å². The van der Waals surface area contributed by atoms with Crippen molar-refractivity contribution in [1.82, 2.24) is 19.1 Å². The number of rotatable bonds is 7. The summed E-state index contributed by atoms with van der Waals surface area (Å²) in [5.41, 5.74) is -3.76. The van der Waals surface area contributed by atoms with Gasteiger partial charge >= 0.3 is 5.69 Å². The number of methoxy groups -OCH3 is 1. The van der Waals surface area contributed by atoms with Crippen LogP contribution >= 0.6 is 23.2 Å². The van der Waals surface area contributed by atoms with Crippen molar-refractivity contribution in [3.8, 4) is 22.9 Å². The van der Waals surface area contributed by atoms with Crippen molar-refractivity contribution < 1.29 is 31.8 Å². The van der Waals surface area contributed by atoms with Crippen LogP contribution in [-0.4, -0.2) is 58.9 Å². The van der Waals surface area contributed by atoms with E-state index in [0.717, 1.165) is 16.4 Å². The van der Waals surface area contributed by atoms with Crippen molar-refractivity contribution in [3.05, 3.63) is 66.9 Å². The first kappa shape index (κ1) is 26.0. The molecular formula is C20H16Cl2F2N4O7S. The van der Waals surface area contributed by atoms with Crippen molar-refractivity contribution in [2.24, 2.45) is 0 Å². The van der Waals surface area contributed by atoms with Gasteiger partial charge in [0, 0.05) is 19.2 Å². The first-order chi connectivity index (χ1) is 16.9. The number of nitrogens with zero attached hydrogens (tertiary/aromatic N) is 3. The van der Waals surface area contributed by atoms with E-state index in [-0.39, 0.29) is 51.0 Å². The van der Waals surface area contributed by atoms with Crippen LogP contribution in [0.3, 0.4) is 0 Å². The molecule has 1 fully saturated rings. The lowest BCUT2D eigenvalue weighted by molar-refractivity contribution is 0.0547. The maximum absolute atomic E-state index is 13.0. The number of ether oxygens (including phenoxy) is 2. The zero-order valence-electron chi connectivity index (χ0n) is 18.1. The summed E-state index contributed by atoms with van der Waals surface area (Å²) in [6.45, 7) is -0.137. The molecule has 2 N–H and O–H groups in total. The van der Waals surface area contributed by atoms with E-state index in [0.29, 0.717) is 4.68 Å². The molecule has 1 saturated heterocycles. The maximum atomic E-state index is 13.0. The van der Waals surface area contributed by atoms with E-state index < -0.39 is 39.5 Å². The molecule has 11 nitrogen and oxygen atoms in total. The first-order valence-electron chi connectivity index (χ1n) is 9.97. The molecule has 1 aliphatic heterocycles. The normalized spacial score (nSPS) is 14.6. The third-order valence-electron chi connectivity index (χ3n) is 5.09. The average molecular weight is 565 g/mol. The van der Waals surface area contributed by atoms with Crippen LogP contribution in [0, 0.1) is 0 Å². The Morgan fingerprint density at radius 1 is 1.17 bits per heavy atom. The number of benzene rings is 2. The summed E-state index contributed by atoms with van der Waals surface area (Å²) in [5.74, 6) is -0.0949. The topological polar surface area (TPSA) is 144 Å². The van der Waals surface area contributed by atoms with Crippen LogP contribution in [0.4, 0.5) is 8.78 Å². The van der Waals surface area contributed by atoms with Gasteiger partial charge in [0.15, 0.2) is 11.4 Å². The predicted molar refractivity (Wildman–Crippen MR) is 123 cm³/mol. The zero-order chi connectivity index (χ0) is 26.4. The van der Waals surface area contributed by atoms with E-state index in [1.807, 2.05) is 0 Å². The molecule has 0 spiro atoms. The standard InChI is InChI=1S/C20H16Cl2F2N4O7S/c1-34-14-3-2-11(6-15(14)36(32,33)27-7-10(29)8-27)35-17-12(21)4-9(5-13(17)22)28-20(31)25-19(30)16(26-28)18(23)24/h2-6,10,18,29H,7-8H2,1H3,(H,25,30,31). The molecule has 192 valence electrons. The number of hydrogen-bond donors (Lipinski definition) is 2. The molecule has 0 radical (unpaired) electrons.